The summed E-state index contributed by atoms with van der Waals surface area (Å²) in [5, 5.41) is 0. The average molecular weight is 248 g/mol. The summed E-state index contributed by atoms with van der Waals surface area (Å²) < 4.78 is 26.5. The Kier molecular flexibility index (Phi) is 5.84. The third kappa shape index (κ3) is 3.64. The topological polar surface area (TPSA) is 63.2 Å². The first-order chi connectivity index (χ1) is 8.13. The molecule has 0 bridgehead atoms. The van der Waals surface area contributed by atoms with Crippen molar-refractivity contribution in [3.8, 4) is 0 Å². The van der Waals surface area contributed by atoms with Crippen LogP contribution >= 0.6 is 0 Å². The van der Waals surface area contributed by atoms with E-state index < -0.39 is 0 Å². The molecule has 1 fully saturated rings. The zero-order chi connectivity index (χ0) is 12.8. The van der Waals surface area contributed by atoms with Crippen LogP contribution in [0.15, 0.2) is 0 Å². The summed E-state index contributed by atoms with van der Waals surface area (Å²) in [6, 6.07) is 0. The van der Waals surface area contributed by atoms with Crippen molar-refractivity contribution in [3.63, 3.8) is 0 Å². The molecule has 0 aliphatic carbocycles. The predicted molar refractivity (Wildman–Crippen MR) is 58.8 cm³/mol. The molecule has 0 unspecified atom stereocenters. The van der Waals surface area contributed by atoms with Crippen molar-refractivity contribution < 1.29 is 28.5 Å². The first kappa shape index (κ1) is 14.4. The number of ether oxygens (including phenoxy) is 5. The lowest BCUT2D eigenvalue weighted by Crippen LogP contribution is -2.56. The molecule has 100 valence electrons. The van der Waals surface area contributed by atoms with Gasteiger partial charge in [-0.1, -0.05) is 0 Å². The molecule has 0 spiro atoms. The van der Waals surface area contributed by atoms with E-state index in [0.717, 1.165) is 0 Å². The van der Waals surface area contributed by atoms with Crippen LogP contribution in [0, 0.1) is 0 Å². The van der Waals surface area contributed by atoms with E-state index in [1.807, 2.05) is 0 Å². The number of rotatable bonds is 5. The summed E-state index contributed by atoms with van der Waals surface area (Å²) in [6.45, 7) is 1.90. The van der Waals surface area contributed by atoms with Crippen molar-refractivity contribution in [2.24, 2.45) is 0 Å². The maximum absolute atomic E-state index is 10.8. The lowest BCUT2D eigenvalue weighted by atomic mass is 10.00. The van der Waals surface area contributed by atoms with E-state index in [4.69, 9.17) is 23.7 Å². The second-order valence-electron chi connectivity index (χ2n) is 3.85. The highest BCUT2D eigenvalue weighted by Gasteiger charge is 2.41. The Hall–Kier alpha value is -0.690. The average Bonchev–Trinajstić information content (AvgIpc) is 2.34. The predicted octanol–water partition coefficient (Wildman–Crippen LogP) is -0.00670. The molecule has 1 heterocycles. The molecule has 0 saturated carbocycles. The fourth-order valence-corrected chi connectivity index (χ4v) is 1.95. The van der Waals surface area contributed by atoms with Crippen LogP contribution in [0.4, 0.5) is 0 Å². The molecule has 4 atom stereocenters. The third-order valence-corrected chi connectivity index (χ3v) is 2.83. The SMILES string of the molecule is CO[C@H]1[C@H](OC)[C@@H](COC(C)=O)OC[C@@H]1OC. The number of esters is 1. The van der Waals surface area contributed by atoms with Gasteiger partial charge >= 0.3 is 5.97 Å². The summed E-state index contributed by atoms with van der Waals surface area (Å²) in [5.74, 6) is -0.341. The van der Waals surface area contributed by atoms with E-state index in [9.17, 15) is 4.79 Å². The van der Waals surface area contributed by atoms with Gasteiger partial charge < -0.3 is 23.7 Å². The van der Waals surface area contributed by atoms with Crippen LogP contribution in [-0.4, -0.2) is 64.9 Å². The molecule has 0 aromatic rings. The van der Waals surface area contributed by atoms with Crippen LogP contribution in [0.5, 0.6) is 0 Å². The molecule has 1 aliphatic rings. The minimum absolute atomic E-state index is 0.157. The number of methoxy groups -OCH3 is 3. The molecule has 0 N–H and O–H groups in total. The van der Waals surface area contributed by atoms with Crippen LogP contribution in [-0.2, 0) is 28.5 Å². The van der Waals surface area contributed by atoms with Gasteiger partial charge in [-0.25, -0.2) is 0 Å². The van der Waals surface area contributed by atoms with E-state index >= 15 is 0 Å². The van der Waals surface area contributed by atoms with Gasteiger partial charge in [0.25, 0.3) is 0 Å². The maximum atomic E-state index is 10.8. The molecular formula is C11H20O6. The third-order valence-electron chi connectivity index (χ3n) is 2.83. The van der Waals surface area contributed by atoms with Crippen molar-refractivity contribution in [2.45, 2.75) is 31.3 Å². The van der Waals surface area contributed by atoms with E-state index in [0.29, 0.717) is 6.61 Å². The van der Waals surface area contributed by atoms with E-state index in [1.165, 1.54) is 6.92 Å². The summed E-state index contributed by atoms with van der Waals surface area (Å²) in [6.07, 6.45) is -1.07. The van der Waals surface area contributed by atoms with E-state index in [-0.39, 0.29) is 37.0 Å². The molecule has 6 heteroatoms. The van der Waals surface area contributed by atoms with E-state index in [2.05, 4.69) is 0 Å². The Morgan fingerprint density at radius 3 is 2.29 bits per heavy atom. The van der Waals surface area contributed by atoms with Crippen molar-refractivity contribution in [3.05, 3.63) is 0 Å². The Bertz CT molecular complexity index is 244. The highest BCUT2D eigenvalue weighted by atomic mass is 16.6. The molecule has 0 aromatic heterocycles. The Morgan fingerprint density at radius 1 is 1.18 bits per heavy atom. The molecule has 1 saturated heterocycles. The summed E-state index contributed by atoms with van der Waals surface area (Å²) in [4.78, 5) is 10.8. The largest absolute Gasteiger partial charge is 0.463 e. The Morgan fingerprint density at radius 2 is 1.82 bits per heavy atom. The lowest BCUT2D eigenvalue weighted by Gasteiger charge is -2.40. The number of carbonyl (C=O) groups is 1. The smallest absolute Gasteiger partial charge is 0.302 e. The van der Waals surface area contributed by atoms with Crippen LogP contribution in [0.1, 0.15) is 6.92 Å². The minimum Gasteiger partial charge on any atom is -0.463 e. The lowest BCUT2D eigenvalue weighted by molar-refractivity contribution is -0.221. The highest BCUT2D eigenvalue weighted by molar-refractivity contribution is 5.65. The number of hydrogen-bond acceptors (Lipinski definition) is 6. The normalized spacial score (nSPS) is 33.4. The van der Waals surface area contributed by atoms with Crippen molar-refractivity contribution in [1.29, 1.82) is 0 Å². The standard InChI is InChI=1S/C11H20O6/c1-7(12)16-6-9-11(15-4)10(14-3)8(13-2)5-17-9/h8-11H,5-6H2,1-4H3/t8-,9+,10+,11+/m0/s1. The van der Waals surface area contributed by atoms with Gasteiger partial charge in [-0.15, -0.1) is 0 Å². The van der Waals surface area contributed by atoms with Crippen LogP contribution in [0.3, 0.4) is 0 Å². The van der Waals surface area contributed by atoms with Gasteiger partial charge in [0, 0.05) is 28.3 Å². The van der Waals surface area contributed by atoms with E-state index in [1.54, 1.807) is 21.3 Å². The van der Waals surface area contributed by atoms with Crippen LogP contribution in [0.2, 0.25) is 0 Å². The summed E-state index contributed by atoms with van der Waals surface area (Å²) >= 11 is 0. The van der Waals surface area contributed by atoms with Crippen molar-refractivity contribution >= 4 is 5.97 Å². The van der Waals surface area contributed by atoms with Gasteiger partial charge in [0.15, 0.2) is 0 Å². The Balaban J connectivity index is 2.63. The molecule has 17 heavy (non-hydrogen) atoms. The fraction of sp³-hybridized carbons (Fsp3) is 0.909. The Labute approximate surface area is 101 Å². The molecular weight excluding hydrogens is 228 g/mol. The van der Waals surface area contributed by atoms with Gasteiger partial charge in [0.1, 0.15) is 31.0 Å². The zero-order valence-electron chi connectivity index (χ0n) is 10.7. The van der Waals surface area contributed by atoms with Gasteiger partial charge in [-0.3, -0.25) is 4.79 Å². The molecule has 1 aliphatic heterocycles. The van der Waals surface area contributed by atoms with Gasteiger partial charge in [-0.2, -0.15) is 0 Å². The minimum atomic E-state index is -0.341. The van der Waals surface area contributed by atoms with Crippen LogP contribution in [0.25, 0.3) is 0 Å². The molecule has 6 nitrogen and oxygen atoms in total. The van der Waals surface area contributed by atoms with Gasteiger partial charge in [0.2, 0.25) is 0 Å². The maximum Gasteiger partial charge on any atom is 0.302 e. The monoisotopic (exact) mass is 248 g/mol. The summed E-state index contributed by atoms with van der Waals surface area (Å²) in [5.41, 5.74) is 0. The second kappa shape index (κ2) is 6.90. The second-order valence-corrected chi connectivity index (χ2v) is 3.85. The molecule has 0 aromatic carbocycles. The summed E-state index contributed by atoms with van der Waals surface area (Å²) in [7, 11) is 4.76. The molecule has 0 amide bonds. The quantitative estimate of drug-likeness (QED) is 0.638. The number of hydrogen-bond donors (Lipinski definition) is 0. The van der Waals surface area contributed by atoms with Crippen LogP contribution < -0.4 is 0 Å². The fourth-order valence-electron chi connectivity index (χ4n) is 1.95. The molecule has 1 rings (SSSR count). The van der Waals surface area contributed by atoms with Gasteiger partial charge in [0.05, 0.1) is 6.61 Å². The first-order valence-corrected chi connectivity index (χ1v) is 5.47. The highest BCUT2D eigenvalue weighted by Crippen LogP contribution is 2.22. The van der Waals surface area contributed by atoms with Gasteiger partial charge in [-0.05, 0) is 0 Å². The number of carbonyl (C=O) groups excluding carboxylic acids is 1. The van der Waals surface area contributed by atoms with Crippen molar-refractivity contribution in [1.82, 2.24) is 0 Å². The zero-order valence-corrected chi connectivity index (χ0v) is 10.7. The molecule has 0 radical (unpaired) electrons. The van der Waals surface area contributed by atoms with Crippen molar-refractivity contribution in [2.75, 3.05) is 34.5 Å². The first-order valence-electron chi connectivity index (χ1n) is 5.47.